The van der Waals surface area contributed by atoms with E-state index in [-0.39, 0.29) is 17.7 Å². The van der Waals surface area contributed by atoms with Gasteiger partial charge in [0, 0.05) is 11.4 Å². The number of rotatable bonds is 7. The summed E-state index contributed by atoms with van der Waals surface area (Å²) in [6.45, 7) is 8.63. The summed E-state index contributed by atoms with van der Waals surface area (Å²) in [4.78, 5) is 4.29. The zero-order chi connectivity index (χ0) is 13.8. The third kappa shape index (κ3) is 4.91. The molecule has 1 rings (SSSR count). The van der Waals surface area contributed by atoms with Crippen molar-refractivity contribution < 1.29 is 8.42 Å². The van der Waals surface area contributed by atoms with Gasteiger partial charge in [-0.1, -0.05) is 20.8 Å². The number of hydrogen-bond donors (Lipinski definition) is 2. The molecule has 18 heavy (non-hydrogen) atoms. The first-order chi connectivity index (χ1) is 8.34. The van der Waals surface area contributed by atoms with E-state index >= 15 is 0 Å². The number of aromatic nitrogens is 1. The summed E-state index contributed by atoms with van der Waals surface area (Å²) in [5.74, 6) is 0.215. The van der Waals surface area contributed by atoms with Crippen molar-refractivity contribution in [3.05, 3.63) is 11.1 Å². The van der Waals surface area contributed by atoms with Gasteiger partial charge in [-0.25, -0.2) is 13.4 Å². The number of thiazole rings is 1. The lowest BCUT2D eigenvalue weighted by Gasteiger charge is -2.09. The van der Waals surface area contributed by atoms with Crippen LogP contribution in [0.1, 0.15) is 39.4 Å². The topological polar surface area (TPSA) is 71.1 Å². The minimum Gasteiger partial charge on any atom is -0.309 e. The molecular formula is C11H21N3O2S2. The molecule has 1 aromatic heterocycles. The van der Waals surface area contributed by atoms with Gasteiger partial charge in [0.05, 0.1) is 11.4 Å². The number of nitrogens with zero attached hydrogens (tertiary/aromatic N) is 1. The first kappa shape index (κ1) is 15.4. The molecule has 1 aromatic rings. The largest absolute Gasteiger partial charge is 0.309 e. The Bertz CT molecular complexity index is 468. The summed E-state index contributed by atoms with van der Waals surface area (Å²) in [5.41, 5.74) is 0.865. The van der Waals surface area contributed by atoms with Crippen LogP contribution in [0.5, 0.6) is 0 Å². The fourth-order valence-electron chi connectivity index (χ4n) is 1.56. The Morgan fingerprint density at radius 1 is 1.39 bits per heavy atom. The van der Waals surface area contributed by atoms with E-state index in [1.165, 1.54) is 11.3 Å². The van der Waals surface area contributed by atoms with Gasteiger partial charge in [-0.2, -0.15) is 0 Å². The molecule has 0 aliphatic carbocycles. The van der Waals surface area contributed by atoms with Crippen molar-refractivity contribution in [3.63, 3.8) is 0 Å². The predicted molar refractivity (Wildman–Crippen MR) is 76.5 cm³/mol. The second kappa shape index (κ2) is 6.49. The minimum atomic E-state index is -3.28. The Morgan fingerprint density at radius 2 is 2.06 bits per heavy atom. The van der Waals surface area contributed by atoms with Crippen molar-refractivity contribution in [2.24, 2.45) is 5.92 Å². The van der Waals surface area contributed by atoms with Crippen LogP contribution in [-0.2, 0) is 10.0 Å². The maximum absolute atomic E-state index is 11.8. The van der Waals surface area contributed by atoms with Crippen LogP contribution in [0, 0.1) is 5.92 Å². The average molecular weight is 291 g/mol. The molecule has 1 heterocycles. The molecule has 0 aliphatic rings. The van der Waals surface area contributed by atoms with Crippen LogP contribution >= 0.6 is 11.3 Å². The van der Waals surface area contributed by atoms with E-state index in [2.05, 4.69) is 15.0 Å². The normalized spacial score (nSPS) is 13.8. The molecule has 0 saturated carbocycles. The highest BCUT2D eigenvalue weighted by molar-refractivity contribution is 7.92. The first-order valence-electron chi connectivity index (χ1n) is 6.03. The summed E-state index contributed by atoms with van der Waals surface area (Å²) in [6, 6.07) is 0.134. The van der Waals surface area contributed by atoms with Gasteiger partial charge < -0.3 is 5.32 Å². The molecule has 1 atom stereocenters. The summed E-state index contributed by atoms with van der Waals surface area (Å²) in [7, 11) is -3.28. The van der Waals surface area contributed by atoms with Crippen molar-refractivity contribution in [2.75, 3.05) is 17.0 Å². The number of nitrogens with one attached hydrogen (secondary N) is 2. The summed E-state index contributed by atoms with van der Waals surface area (Å²) in [5, 5.41) is 5.55. The van der Waals surface area contributed by atoms with E-state index in [1.54, 1.807) is 0 Å². The van der Waals surface area contributed by atoms with Crippen molar-refractivity contribution in [1.29, 1.82) is 0 Å². The second-order valence-corrected chi connectivity index (χ2v) is 7.26. The van der Waals surface area contributed by atoms with E-state index in [1.807, 2.05) is 33.1 Å². The van der Waals surface area contributed by atoms with Crippen LogP contribution < -0.4 is 10.0 Å². The van der Waals surface area contributed by atoms with Gasteiger partial charge >= 0.3 is 0 Å². The molecule has 0 radical (unpaired) electrons. The molecule has 0 aliphatic heterocycles. The van der Waals surface area contributed by atoms with Crippen molar-refractivity contribution in [2.45, 2.75) is 33.7 Å². The fourth-order valence-corrected chi connectivity index (χ4v) is 4.05. The van der Waals surface area contributed by atoms with Crippen LogP contribution in [0.3, 0.4) is 0 Å². The predicted octanol–water partition coefficient (Wildman–Crippen LogP) is 2.21. The van der Waals surface area contributed by atoms with Crippen LogP contribution in [0.2, 0.25) is 0 Å². The molecule has 1 unspecified atom stereocenters. The van der Waals surface area contributed by atoms with Gasteiger partial charge in [0.2, 0.25) is 10.0 Å². The molecular weight excluding hydrogens is 270 g/mol. The van der Waals surface area contributed by atoms with E-state index in [4.69, 9.17) is 0 Å². The summed E-state index contributed by atoms with van der Waals surface area (Å²) in [6.07, 6.45) is 0. The Balaban J connectivity index is 2.69. The monoisotopic (exact) mass is 291 g/mol. The minimum absolute atomic E-state index is 0.0996. The zero-order valence-electron chi connectivity index (χ0n) is 11.2. The highest BCUT2D eigenvalue weighted by Gasteiger charge is 2.16. The number of hydrogen-bond acceptors (Lipinski definition) is 5. The highest BCUT2D eigenvalue weighted by atomic mass is 32.2. The van der Waals surface area contributed by atoms with Crippen LogP contribution in [0.15, 0.2) is 5.38 Å². The molecule has 0 aromatic carbocycles. The molecule has 0 fully saturated rings. The summed E-state index contributed by atoms with van der Waals surface area (Å²) >= 11 is 1.32. The lowest BCUT2D eigenvalue weighted by Crippen LogP contribution is -2.20. The van der Waals surface area contributed by atoms with Crippen molar-refractivity contribution in [3.8, 4) is 0 Å². The van der Waals surface area contributed by atoms with Gasteiger partial charge in [0.1, 0.15) is 0 Å². The van der Waals surface area contributed by atoms with Gasteiger partial charge in [-0.05, 0) is 19.4 Å². The molecule has 0 saturated heterocycles. The molecule has 7 heteroatoms. The number of anilines is 1. The average Bonchev–Trinajstić information content (AvgIpc) is 2.63. The Labute approximate surface area is 113 Å². The third-order valence-electron chi connectivity index (χ3n) is 2.27. The highest BCUT2D eigenvalue weighted by Crippen LogP contribution is 2.21. The van der Waals surface area contributed by atoms with Gasteiger partial charge in [-0.15, -0.1) is 11.3 Å². The maximum Gasteiger partial charge on any atom is 0.234 e. The smallest absolute Gasteiger partial charge is 0.234 e. The summed E-state index contributed by atoms with van der Waals surface area (Å²) < 4.78 is 26.0. The maximum atomic E-state index is 11.8. The van der Waals surface area contributed by atoms with Crippen LogP contribution in [0.4, 0.5) is 5.13 Å². The standard InChI is InChI=1S/C11H21N3O2S2/c1-5-12-9(4)10-6-17-11(13-10)14-18(15,16)7-8(2)3/h6,8-9,12H,5,7H2,1-4H3,(H,13,14). The molecule has 2 N–H and O–H groups in total. The van der Waals surface area contributed by atoms with Crippen molar-refractivity contribution >= 4 is 26.5 Å². The SMILES string of the molecule is CCNC(C)c1csc(NS(=O)(=O)CC(C)C)n1. The molecule has 0 bridgehead atoms. The fraction of sp³-hybridized carbons (Fsp3) is 0.727. The van der Waals surface area contributed by atoms with E-state index in [9.17, 15) is 8.42 Å². The van der Waals surface area contributed by atoms with Gasteiger partial charge in [-0.3, -0.25) is 4.72 Å². The van der Waals surface area contributed by atoms with E-state index in [0.717, 1.165) is 12.2 Å². The third-order valence-corrected chi connectivity index (χ3v) is 4.79. The van der Waals surface area contributed by atoms with E-state index < -0.39 is 10.0 Å². The second-order valence-electron chi connectivity index (χ2n) is 4.63. The molecule has 0 amide bonds. The Morgan fingerprint density at radius 3 is 2.61 bits per heavy atom. The first-order valence-corrected chi connectivity index (χ1v) is 8.56. The van der Waals surface area contributed by atoms with Gasteiger partial charge in [0.15, 0.2) is 5.13 Å². The Hall–Kier alpha value is -0.660. The van der Waals surface area contributed by atoms with Gasteiger partial charge in [0.25, 0.3) is 0 Å². The van der Waals surface area contributed by atoms with Crippen LogP contribution in [-0.4, -0.2) is 25.7 Å². The quantitative estimate of drug-likeness (QED) is 0.808. The zero-order valence-corrected chi connectivity index (χ0v) is 12.9. The lowest BCUT2D eigenvalue weighted by molar-refractivity contribution is 0.584. The van der Waals surface area contributed by atoms with E-state index in [0.29, 0.717) is 5.13 Å². The van der Waals surface area contributed by atoms with Crippen LogP contribution in [0.25, 0.3) is 0 Å². The number of sulfonamides is 1. The molecule has 5 nitrogen and oxygen atoms in total. The lowest BCUT2D eigenvalue weighted by atomic mass is 10.3. The Kier molecular flexibility index (Phi) is 5.55. The molecule has 104 valence electrons. The molecule has 0 spiro atoms. The van der Waals surface area contributed by atoms with Crippen molar-refractivity contribution in [1.82, 2.24) is 10.3 Å².